The van der Waals surface area contributed by atoms with Crippen LogP contribution in [0.1, 0.15) is 33.3 Å². The van der Waals surface area contributed by atoms with Gasteiger partial charge in [0.15, 0.2) is 0 Å². The van der Waals surface area contributed by atoms with Gasteiger partial charge in [0.2, 0.25) is 0 Å². The second-order valence-electron chi connectivity index (χ2n) is 6.37. The second kappa shape index (κ2) is 8.59. The van der Waals surface area contributed by atoms with E-state index in [4.69, 9.17) is 5.11 Å². The molecule has 8 nitrogen and oxygen atoms in total. The maximum Gasteiger partial charge on any atom is 0.337 e. The van der Waals surface area contributed by atoms with E-state index in [2.05, 4.69) is 32.0 Å². The molecule has 142 valence electrons. The predicted octanol–water partition coefficient (Wildman–Crippen LogP) is 1.25. The Hall–Kier alpha value is -3.00. The van der Waals surface area contributed by atoms with Crippen molar-refractivity contribution in [1.29, 1.82) is 0 Å². The number of hydrogen-bond donors (Lipinski definition) is 2. The molecular weight excluding hydrogens is 346 g/mol. The van der Waals surface area contributed by atoms with Gasteiger partial charge in [-0.05, 0) is 30.3 Å². The molecule has 1 aliphatic heterocycles. The lowest BCUT2D eigenvalue weighted by molar-refractivity contribution is 0.0695. The van der Waals surface area contributed by atoms with Gasteiger partial charge >= 0.3 is 5.97 Å². The Labute approximate surface area is 157 Å². The van der Waals surface area contributed by atoms with E-state index in [1.807, 2.05) is 12.1 Å². The number of pyridine rings is 2. The first-order valence-corrected chi connectivity index (χ1v) is 8.96. The van der Waals surface area contributed by atoms with E-state index in [1.54, 1.807) is 6.20 Å². The summed E-state index contributed by atoms with van der Waals surface area (Å²) in [4.78, 5) is 36.0. The molecule has 0 aromatic carbocycles. The van der Waals surface area contributed by atoms with Gasteiger partial charge in [-0.25, -0.2) is 9.78 Å². The minimum absolute atomic E-state index is 0.0473. The molecule has 1 saturated heterocycles. The van der Waals surface area contributed by atoms with Gasteiger partial charge < -0.3 is 20.2 Å². The summed E-state index contributed by atoms with van der Waals surface area (Å²) in [6.07, 6.45) is 2.94. The lowest BCUT2D eigenvalue weighted by Crippen LogP contribution is -2.46. The third-order valence-corrected chi connectivity index (χ3v) is 4.65. The average molecular weight is 369 g/mol. The Morgan fingerprint density at radius 3 is 2.41 bits per heavy atom. The molecule has 2 aromatic rings. The predicted molar refractivity (Wildman–Crippen MR) is 101 cm³/mol. The summed E-state index contributed by atoms with van der Waals surface area (Å²) < 4.78 is 0. The number of carboxylic acid groups (broad SMARTS) is 1. The van der Waals surface area contributed by atoms with Crippen molar-refractivity contribution in [3.63, 3.8) is 0 Å². The van der Waals surface area contributed by atoms with Crippen molar-refractivity contribution in [3.05, 3.63) is 53.5 Å². The van der Waals surface area contributed by atoms with Crippen molar-refractivity contribution in [2.45, 2.75) is 13.5 Å². The van der Waals surface area contributed by atoms with Crippen molar-refractivity contribution >= 4 is 17.7 Å². The number of anilines is 1. The summed E-state index contributed by atoms with van der Waals surface area (Å²) in [7, 11) is 0. The van der Waals surface area contributed by atoms with Gasteiger partial charge in [-0.15, -0.1) is 0 Å². The third-order valence-electron chi connectivity index (χ3n) is 4.65. The summed E-state index contributed by atoms with van der Waals surface area (Å²) >= 11 is 0. The van der Waals surface area contributed by atoms with Crippen LogP contribution in [-0.2, 0) is 6.54 Å². The summed E-state index contributed by atoms with van der Waals surface area (Å²) in [5.41, 5.74) is 1.12. The van der Waals surface area contributed by atoms with Crippen molar-refractivity contribution in [1.82, 2.24) is 20.2 Å². The summed E-state index contributed by atoms with van der Waals surface area (Å²) in [5, 5.41) is 11.6. The molecule has 3 rings (SSSR count). The highest BCUT2D eigenvalue weighted by molar-refractivity contribution is 5.93. The number of nitrogens with zero attached hydrogens (tertiary/aromatic N) is 4. The van der Waals surface area contributed by atoms with E-state index < -0.39 is 5.97 Å². The molecule has 0 saturated carbocycles. The molecular formula is C19H23N5O3. The van der Waals surface area contributed by atoms with Crippen LogP contribution in [0.4, 0.5) is 5.82 Å². The number of likely N-dealkylation sites (N-methyl/N-ethyl adjacent to an activating group) is 1. The Morgan fingerprint density at radius 1 is 1.07 bits per heavy atom. The van der Waals surface area contributed by atoms with Crippen LogP contribution >= 0.6 is 0 Å². The molecule has 0 bridgehead atoms. The molecule has 1 aliphatic rings. The zero-order valence-corrected chi connectivity index (χ0v) is 15.3. The Morgan fingerprint density at radius 2 is 1.85 bits per heavy atom. The monoisotopic (exact) mass is 369 g/mol. The van der Waals surface area contributed by atoms with Gasteiger partial charge in [0.1, 0.15) is 11.5 Å². The molecule has 0 atom stereocenters. The highest BCUT2D eigenvalue weighted by atomic mass is 16.4. The molecule has 1 amide bonds. The van der Waals surface area contributed by atoms with E-state index in [0.29, 0.717) is 6.54 Å². The molecule has 0 spiro atoms. The van der Waals surface area contributed by atoms with Gasteiger partial charge in [-0.3, -0.25) is 9.78 Å². The number of rotatable bonds is 6. The first-order valence-electron chi connectivity index (χ1n) is 8.96. The van der Waals surface area contributed by atoms with Crippen molar-refractivity contribution in [2.75, 3.05) is 37.6 Å². The second-order valence-corrected chi connectivity index (χ2v) is 6.37. The van der Waals surface area contributed by atoms with Gasteiger partial charge in [0.25, 0.3) is 5.91 Å². The number of nitrogens with one attached hydrogen (secondary N) is 1. The normalized spacial score (nSPS) is 14.8. The average Bonchev–Trinajstić information content (AvgIpc) is 2.72. The fourth-order valence-corrected chi connectivity index (χ4v) is 2.93. The molecule has 8 heteroatoms. The van der Waals surface area contributed by atoms with E-state index in [1.165, 1.54) is 18.3 Å². The summed E-state index contributed by atoms with van der Waals surface area (Å²) in [5.74, 6) is -0.477. The third kappa shape index (κ3) is 4.79. The maximum atomic E-state index is 12.1. The SMILES string of the molecule is CCN1CCN(c2ccc(CNC(=O)c3ccc(C(=O)O)cn3)cn2)CC1. The Balaban J connectivity index is 1.52. The van der Waals surface area contributed by atoms with Crippen LogP contribution < -0.4 is 10.2 Å². The number of piperazine rings is 1. The molecule has 2 aromatic heterocycles. The number of carbonyl (C=O) groups excluding carboxylic acids is 1. The minimum Gasteiger partial charge on any atom is -0.478 e. The quantitative estimate of drug-likeness (QED) is 0.790. The highest BCUT2D eigenvalue weighted by Gasteiger charge is 2.16. The van der Waals surface area contributed by atoms with Crippen LogP contribution in [0.15, 0.2) is 36.7 Å². The largest absolute Gasteiger partial charge is 0.478 e. The number of aromatic carboxylic acids is 1. The number of carbonyl (C=O) groups is 2. The van der Waals surface area contributed by atoms with Gasteiger partial charge in [0.05, 0.1) is 5.56 Å². The first-order chi connectivity index (χ1) is 13.1. The number of hydrogen-bond acceptors (Lipinski definition) is 6. The first kappa shape index (κ1) is 18.8. The highest BCUT2D eigenvalue weighted by Crippen LogP contribution is 2.14. The summed E-state index contributed by atoms with van der Waals surface area (Å²) in [6, 6.07) is 6.69. The smallest absolute Gasteiger partial charge is 0.337 e. The zero-order chi connectivity index (χ0) is 19.2. The van der Waals surface area contributed by atoms with E-state index in [9.17, 15) is 9.59 Å². The minimum atomic E-state index is -1.07. The van der Waals surface area contributed by atoms with Crippen molar-refractivity contribution in [2.24, 2.45) is 0 Å². The number of carboxylic acids is 1. The van der Waals surface area contributed by atoms with Crippen LogP contribution in [0.2, 0.25) is 0 Å². The number of aromatic nitrogens is 2. The molecule has 3 heterocycles. The molecule has 27 heavy (non-hydrogen) atoms. The molecule has 0 radical (unpaired) electrons. The van der Waals surface area contributed by atoms with E-state index in [-0.39, 0.29) is 17.2 Å². The molecule has 1 fully saturated rings. The van der Waals surface area contributed by atoms with Crippen LogP contribution in [0.25, 0.3) is 0 Å². The fourth-order valence-electron chi connectivity index (χ4n) is 2.93. The Bertz CT molecular complexity index is 784. The van der Waals surface area contributed by atoms with E-state index in [0.717, 1.165) is 44.1 Å². The van der Waals surface area contributed by atoms with Gasteiger partial charge in [0, 0.05) is 45.1 Å². The van der Waals surface area contributed by atoms with Gasteiger partial charge in [-0.2, -0.15) is 0 Å². The standard InChI is InChI=1S/C19H23N5O3/c1-2-23-7-9-24(10-8-23)17-6-3-14(11-21-17)12-22-18(25)16-5-4-15(13-20-16)19(26)27/h3-6,11,13H,2,7-10,12H2,1H3,(H,22,25)(H,26,27). The van der Waals surface area contributed by atoms with Crippen molar-refractivity contribution in [3.8, 4) is 0 Å². The van der Waals surface area contributed by atoms with E-state index >= 15 is 0 Å². The van der Waals surface area contributed by atoms with Crippen LogP contribution in [0.3, 0.4) is 0 Å². The fraction of sp³-hybridized carbons (Fsp3) is 0.368. The van der Waals surface area contributed by atoms with Crippen molar-refractivity contribution < 1.29 is 14.7 Å². The van der Waals surface area contributed by atoms with Crippen LogP contribution in [0.5, 0.6) is 0 Å². The van der Waals surface area contributed by atoms with Crippen LogP contribution in [-0.4, -0.2) is 64.6 Å². The summed E-state index contributed by atoms with van der Waals surface area (Å²) in [6.45, 7) is 7.61. The van der Waals surface area contributed by atoms with Crippen LogP contribution in [0, 0.1) is 0 Å². The topological polar surface area (TPSA) is 98.7 Å². The molecule has 0 unspecified atom stereocenters. The van der Waals surface area contributed by atoms with Gasteiger partial charge in [-0.1, -0.05) is 13.0 Å². The molecule has 2 N–H and O–H groups in total. The zero-order valence-electron chi connectivity index (χ0n) is 15.3. The lowest BCUT2D eigenvalue weighted by atomic mass is 10.2. The Kier molecular flexibility index (Phi) is 5.97. The lowest BCUT2D eigenvalue weighted by Gasteiger charge is -2.34. The maximum absolute atomic E-state index is 12.1. The molecule has 0 aliphatic carbocycles. The number of amides is 1.